The Hall–Kier alpha value is -3.44. The van der Waals surface area contributed by atoms with Crippen molar-refractivity contribution in [1.82, 2.24) is 4.98 Å². The van der Waals surface area contributed by atoms with Gasteiger partial charge in [-0.3, -0.25) is 4.79 Å². The van der Waals surface area contributed by atoms with Crippen LogP contribution in [-0.4, -0.2) is 23.1 Å². The number of fused-ring (bicyclic) bond motifs is 1. The van der Waals surface area contributed by atoms with E-state index >= 15 is 0 Å². The van der Waals surface area contributed by atoms with Crippen LogP contribution in [0.5, 0.6) is 0 Å². The molecule has 0 unspecified atom stereocenters. The molecule has 2 amide bonds. The number of aromatic nitrogens is 1. The van der Waals surface area contributed by atoms with Gasteiger partial charge in [-0.25, -0.2) is 9.78 Å². The summed E-state index contributed by atoms with van der Waals surface area (Å²) >= 11 is 1.58. The van der Waals surface area contributed by atoms with Gasteiger partial charge in [-0.05, 0) is 36.4 Å². The fourth-order valence-corrected chi connectivity index (χ4v) is 3.30. The number of hydrogen-bond acceptors (Lipinski definition) is 6. The summed E-state index contributed by atoms with van der Waals surface area (Å²) in [5.74, 6) is -0.613. The minimum Gasteiger partial charge on any atom is -0.435 e. The minimum absolute atomic E-state index is 0.279. The molecule has 130 valence electrons. The van der Waals surface area contributed by atoms with Crippen molar-refractivity contribution < 1.29 is 14.3 Å². The van der Waals surface area contributed by atoms with Crippen molar-refractivity contribution >= 4 is 39.2 Å². The van der Waals surface area contributed by atoms with Gasteiger partial charge in [0.05, 0.1) is 22.7 Å². The van der Waals surface area contributed by atoms with Crippen LogP contribution >= 0.6 is 11.3 Å². The Balaban J connectivity index is 1.73. The van der Waals surface area contributed by atoms with Gasteiger partial charge in [0, 0.05) is 11.3 Å². The average molecular weight is 366 g/mol. The first-order valence-corrected chi connectivity index (χ1v) is 8.48. The van der Waals surface area contributed by atoms with Gasteiger partial charge in [0.2, 0.25) is 0 Å². The first kappa shape index (κ1) is 17.4. The van der Waals surface area contributed by atoms with Crippen LogP contribution in [0, 0.1) is 11.3 Å². The standard InChI is InChI=1S/C18H14N4O3S/c19-10-9-14(25-18(20)24)16(23)21-12-7-5-11(6-8-12)17-22-13-3-1-2-4-15(13)26-17/h1-8,14H,9H2,(H2,20,24)(H,21,23)/t14-/m1/s1. The highest BCUT2D eigenvalue weighted by atomic mass is 32.1. The number of anilines is 1. The molecular weight excluding hydrogens is 352 g/mol. The molecule has 0 bridgehead atoms. The second-order valence-electron chi connectivity index (χ2n) is 5.34. The van der Waals surface area contributed by atoms with Gasteiger partial charge in [-0.1, -0.05) is 12.1 Å². The van der Waals surface area contributed by atoms with Gasteiger partial charge in [0.15, 0.2) is 6.10 Å². The third kappa shape index (κ3) is 3.96. The van der Waals surface area contributed by atoms with Crippen molar-refractivity contribution in [3.8, 4) is 16.6 Å². The summed E-state index contributed by atoms with van der Waals surface area (Å²) in [4.78, 5) is 27.5. The highest BCUT2D eigenvalue weighted by Gasteiger charge is 2.22. The van der Waals surface area contributed by atoms with E-state index in [0.717, 1.165) is 20.8 Å². The Kier molecular flexibility index (Phi) is 5.10. The molecule has 0 aliphatic heterocycles. The molecule has 8 heteroatoms. The van der Waals surface area contributed by atoms with Crippen LogP contribution in [0.2, 0.25) is 0 Å². The second-order valence-corrected chi connectivity index (χ2v) is 6.37. The summed E-state index contributed by atoms with van der Waals surface area (Å²) in [6.07, 6.45) is -2.63. The van der Waals surface area contributed by atoms with E-state index in [1.165, 1.54) is 0 Å². The Morgan fingerprint density at radius 3 is 2.62 bits per heavy atom. The quantitative estimate of drug-likeness (QED) is 0.718. The van der Waals surface area contributed by atoms with Crippen molar-refractivity contribution in [1.29, 1.82) is 5.26 Å². The molecule has 0 fully saturated rings. The van der Waals surface area contributed by atoms with Gasteiger partial charge >= 0.3 is 6.09 Å². The van der Waals surface area contributed by atoms with E-state index < -0.39 is 18.1 Å². The number of nitrogens with one attached hydrogen (secondary N) is 1. The smallest absolute Gasteiger partial charge is 0.405 e. The summed E-state index contributed by atoms with van der Waals surface area (Å²) in [6, 6.07) is 16.8. The summed E-state index contributed by atoms with van der Waals surface area (Å²) in [5.41, 5.74) is 7.28. The molecule has 2 aromatic carbocycles. The number of carbonyl (C=O) groups is 2. The number of nitriles is 1. The number of amides is 2. The predicted molar refractivity (Wildman–Crippen MR) is 98.4 cm³/mol. The molecule has 1 heterocycles. The zero-order valence-electron chi connectivity index (χ0n) is 13.5. The maximum atomic E-state index is 12.1. The summed E-state index contributed by atoms with van der Waals surface area (Å²) < 4.78 is 5.75. The number of carbonyl (C=O) groups excluding carboxylic acids is 2. The molecule has 0 aliphatic carbocycles. The number of nitrogens with two attached hydrogens (primary N) is 1. The van der Waals surface area contributed by atoms with Crippen LogP contribution in [-0.2, 0) is 9.53 Å². The lowest BCUT2D eigenvalue weighted by Gasteiger charge is -2.13. The first-order chi connectivity index (χ1) is 12.6. The molecule has 0 spiro atoms. The molecule has 3 N–H and O–H groups in total. The fourth-order valence-electron chi connectivity index (χ4n) is 2.33. The van der Waals surface area contributed by atoms with Crippen molar-refractivity contribution in [2.45, 2.75) is 12.5 Å². The van der Waals surface area contributed by atoms with E-state index in [-0.39, 0.29) is 6.42 Å². The molecule has 0 saturated carbocycles. The third-order valence-electron chi connectivity index (χ3n) is 3.52. The lowest BCUT2D eigenvalue weighted by atomic mass is 10.2. The van der Waals surface area contributed by atoms with Gasteiger partial charge in [-0.15, -0.1) is 11.3 Å². The second kappa shape index (κ2) is 7.63. The van der Waals surface area contributed by atoms with E-state index in [4.69, 9.17) is 11.0 Å². The van der Waals surface area contributed by atoms with Gasteiger partial charge < -0.3 is 15.8 Å². The average Bonchev–Trinajstić information content (AvgIpc) is 3.05. The van der Waals surface area contributed by atoms with E-state index in [2.05, 4.69) is 15.0 Å². The summed E-state index contributed by atoms with van der Waals surface area (Å²) in [6.45, 7) is 0. The van der Waals surface area contributed by atoms with Crippen molar-refractivity contribution in [3.05, 3.63) is 48.5 Å². The Labute approximate surface area is 153 Å². The number of primary amides is 1. The largest absolute Gasteiger partial charge is 0.435 e. The maximum Gasteiger partial charge on any atom is 0.405 e. The normalized spacial score (nSPS) is 11.5. The Morgan fingerprint density at radius 1 is 1.23 bits per heavy atom. The van der Waals surface area contributed by atoms with Crippen LogP contribution in [0.25, 0.3) is 20.8 Å². The van der Waals surface area contributed by atoms with E-state index in [1.807, 2.05) is 36.4 Å². The van der Waals surface area contributed by atoms with Crippen LogP contribution in [0.4, 0.5) is 10.5 Å². The van der Waals surface area contributed by atoms with E-state index in [9.17, 15) is 9.59 Å². The van der Waals surface area contributed by atoms with Crippen molar-refractivity contribution in [2.24, 2.45) is 5.73 Å². The predicted octanol–water partition coefficient (Wildman–Crippen LogP) is 3.28. The van der Waals surface area contributed by atoms with Gasteiger partial charge in [0.1, 0.15) is 5.01 Å². The van der Waals surface area contributed by atoms with Crippen molar-refractivity contribution in [3.63, 3.8) is 0 Å². The summed E-state index contributed by atoms with van der Waals surface area (Å²) in [5, 5.41) is 12.2. The Bertz CT molecular complexity index is 959. The lowest BCUT2D eigenvalue weighted by molar-refractivity contribution is -0.123. The fraction of sp³-hybridized carbons (Fsp3) is 0.111. The molecule has 1 aromatic heterocycles. The lowest BCUT2D eigenvalue weighted by Crippen LogP contribution is -2.34. The third-order valence-corrected chi connectivity index (χ3v) is 4.61. The maximum absolute atomic E-state index is 12.1. The van der Waals surface area contributed by atoms with Crippen LogP contribution in [0.1, 0.15) is 6.42 Å². The topological polar surface area (TPSA) is 118 Å². The van der Waals surface area contributed by atoms with Gasteiger partial charge in [0.25, 0.3) is 5.91 Å². The van der Waals surface area contributed by atoms with Gasteiger partial charge in [-0.2, -0.15) is 5.26 Å². The molecule has 0 aliphatic rings. The molecule has 7 nitrogen and oxygen atoms in total. The van der Waals surface area contributed by atoms with Crippen LogP contribution in [0.15, 0.2) is 48.5 Å². The van der Waals surface area contributed by atoms with Crippen molar-refractivity contribution in [2.75, 3.05) is 5.32 Å². The number of hydrogen-bond donors (Lipinski definition) is 2. The number of nitrogens with zero attached hydrogens (tertiary/aromatic N) is 2. The van der Waals surface area contributed by atoms with E-state index in [0.29, 0.717) is 5.69 Å². The number of ether oxygens (including phenoxy) is 1. The molecule has 3 rings (SSSR count). The highest BCUT2D eigenvalue weighted by Crippen LogP contribution is 2.30. The van der Waals surface area contributed by atoms with E-state index in [1.54, 1.807) is 29.5 Å². The SMILES string of the molecule is N#CC[C@@H](OC(N)=O)C(=O)Nc1ccc(-c2nc3ccccc3s2)cc1. The number of thiazole rings is 1. The molecule has 26 heavy (non-hydrogen) atoms. The molecular formula is C18H14N4O3S. The monoisotopic (exact) mass is 366 g/mol. The first-order valence-electron chi connectivity index (χ1n) is 7.67. The molecule has 1 atom stereocenters. The zero-order chi connectivity index (χ0) is 18.5. The zero-order valence-corrected chi connectivity index (χ0v) is 14.3. The molecule has 3 aromatic rings. The number of rotatable bonds is 5. The van der Waals surface area contributed by atoms with Crippen LogP contribution < -0.4 is 11.1 Å². The van der Waals surface area contributed by atoms with Crippen LogP contribution in [0.3, 0.4) is 0 Å². The Morgan fingerprint density at radius 2 is 1.96 bits per heavy atom. The molecule has 0 radical (unpaired) electrons. The molecule has 0 saturated heterocycles. The number of para-hydroxylation sites is 1. The highest BCUT2D eigenvalue weighted by molar-refractivity contribution is 7.21. The minimum atomic E-state index is -1.25. The summed E-state index contributed by atoms with van der Waals surface area (Å²) in [7, 11) is 0. The number of benzene rings is 2.